The van der Waals surface area contributed by atoms with Crippen LogP contribution in [0, 0.1) is 0 Å². The number of H-pyrrole nitrogens is 1. The largest absolute Gasteiger partial charge is 0.459 e. The number of nitrogens with zero attached hydrogens (tertiary/aromatic N) is 1. The topological polar surface area (TPSA) is 96.8 Å². The van der Waals surface area contributed by atoms with Crippen LogP contribution in [-0.2, 0) is 20.7 Å². The maximum absolute atomic E-state index is 12.5. The Labute approximate surface area is 185 Å². The first-order valence-electron chi connectivity index (χ1n) is 11.1. The minimum Gasteiger partial charge on any atom is -0.459 e. The third-order valence-electron chi connectivity index (χ3n) is 6.15. The number of rotatable bonds is 6. The van der Waals surface area contributed by atoms with Crippen LogP contribution in [-0.4, -0.2) is 66.3 Å². The molecule has 32 heavy (non-hydrogen) atoms. The normalized spacial score (nSPS) is 21.4. The van der Waals surface area contributed by atoms with Gasteiger partial charge >= 0.3 is 0 Å². The van der Waals surface area contributed by atoms with Gasteiger partial charge in [-0.25, -0.2) is 0 Å². The number of aryl methyl sites for hydroxylation is 1. The number of furan rings is 1. The van der Waals surface area contributed by atoms with Crippen LogP contribution in [0.1, 0.15) is 29.0 Å². The maximum atomic E-state index is 12.5. The highest BCUT2D eigenvalue weighted by atomic mass is 16.6. The first-order valence-corrected chi connectivity index (χ1v) is 11.1. The number of carbonyl (C=O) groups is 2. The molecule has 2 atom stereocenters. The molecular formula is C24H27N3O5. The molecule has 0 radical (unpaired) electrons. The average molecular weight is 437 g/mol. The molecule has 4 heterocycles. The van der Waals surface area contributed by atoms with Gasteiger partial charge in [0.2, 0.25) is 5.91 Å². The number of aromatic amines is 1. The van der Waals surface area contributed by atoms with Crippen LogP contribution in [0.2, 0.25) is 0 Å². The van der Waals surface area contributed by atoms with Crippen molar-refractivity contribution < 1.29 is 23.5 Å². The van der Waals surface area contributed by atoms with E-state index in [1.165, 1.54) is 17.2 Å². The molecule has 2 saturated heterocycles. The summed E-state index contributed by atoms with van der Waals surface area (Å²) < 4.78 is 17.2. The van der Waals surface area contributed by atoms with Gasteiger partial charge in [-0.05, 0) is 36.6 Å². The molecule has 2 aliphatic heterocycles. The summed E-state index contributed by atoms with van der Waals surface area (Å²) in [7, 11) is 0. The molecule has 0 aliphatic carbocycles. The smallest absolute Gasteiger partial charge is 0.289 e. The standard InChI is InChI=1S/C24H27N3O5/c28-23(9-3-5-16-11-25-19-7-2-1-6-18(16)19)26-17-14-31-21-12-27(13-22(21)32-15-17)24(29)20-8-4-10-30-20/h1-2,4,6-8,10-11,17,21-22,25H,3,5,9,12-15H2,(H,26,28)/t21-,22-/m0/s1. The molecular weight excluding hydrogens is 410 g/mol. The van der Waals surface area contributed by atoms with Crippen molar-refractivity contribution >= 4 is 22.7 Å². The van der Waals surface area contributed by atoms with Crippen molar-refractivity contribution in [1.29, 1.82) is 0 Å². The molecule has 2 amide bonds. The molecule has 8 heteroatoms. The number of nitrogens with one attached hydrogen (secondary N) is 2. The number of hydrogen-bond acceptors (Lipinski definition) is 5. The van der Waals surface area contributed by atoms with Crippen molar-refractivity contribution in [2.24, 2.45) is 0 Å². The maximum Gasteiger partial charge on any atom is 0.289 e. The summed E-state index contributed by atoms with van der Waals surface area (Å²) in [6, 6.07) is 11.4. The number of ether oxygens (including phenoxy) is 2. The molecule has 0 spiro atoms. The number of fused-ring (bicyclic) bond motifs is 2. The molecule has 8 nitrogen and oxygen atoms in total. The van der Waals surface area contributed by atoms with Crippen LogP contribution in [0.25, 0.3) is 10.9 Å². The summed E-state index contributed by atoms with van der Waals surface area (Å²) in [6.45, 7) is 1.65. The first-order chi connectivity index (χ1) is 15.7. The molecule has 0 saturated carbocycles. The zero-order valence-corrected chi connectivity index (χ0v) is 17.8. The van der Waals surface area contributed by atoms with Crippen molar-refractivity contribution in [3.63, 3.8) is 0 Å². The summed E-state index contributed by atoms with van der Waals surface area (Å²) >= 11 is 0. The summed E-state index contributed by atoms with van der Waals surface area (Å²) in [5.74, 6) is 0.165. The Hall–Kier alpha value is -3.10. The quantitative estimate of drug-likeness (QED) is 0.618. The fourth-order valence-corrected chi connectivity index (χ4v) is 4.47. The highest BCUT2D eigenvalue weighted by molar-refractivity contribution is 5.91. The zero-order chi connectivity index (χ0) is 21.9. The second kappa shape index (κ2) is 9.18. The van der Waals surface area contributed by atoms with E-state index in [0.29, 0.717) is 38.5 Å². The fourth-order valence-electron chi connectivity index (χ4n) is 4.47. The Balaban J connectivity index is 1.06. The van der Waals surface area contributed by atoms with E-state index in [0.717, 1.165) is 18.4 Å². The number of hydrogen-bond donors (Lipinski definition) is 2. The Morgan fingerprint density at radius 3 is 2.59 bits per heavy atom. The monoisotopic (exact) mass is 437 g/mol. The van der Waals surface area contributed by atoms with Crippen LogP contribution < -0.4 is 5.32 Å². The number of amides is 2. The Kier molecular flexibility index (Phi) is 5.96. The van der Waals surface area contributed by atoms with E-state index >= 15 is 0 Å². The minimum atomic E-state index is -0.197. The van der Waals surface area contributed by atoms with Crippen molar-refractivity contribution in [3.8, 4) is 0 Å². The summed E-state index contributed by atoms with van der Waals surface area (Å²) in [4.78, 5) is 29.9. The van der Waals surface area contributed by atoms with E-state index in [-0.39, 0.29) is 30.1 Å². The van der Waals surface area contributed by atoms with Crippen molar-refractivity contribution in [2.45, 2.75) is 37.5 Å². The number of benzene rings is 1. The Bertz CT molecular complexity index is 1060. The molecule has 0 unspecified atom stereocenters. The van der Waals surface area contributed by atoms with E-state index in [2.05, 4.69) is 22.4 Å². The van der Waals surface area contributed by atoms with Gasteiger partial charge in [0.25, 0.3) is 5.91 Å². The highest BCUT2D eigenvalue weighted by Crippen LogP contribution is 2.22. The van der Waals surface area contributed by atoms with Gasteiger partial charge in [-0.15, -0.1) is 0 Å². The molecule has 3 aromatic rings. The van der Waals surface area contributed by atoms with Crippen molar-refractivity contribution in [1.82, 2.24) is 15.2 Å². The zero-order valence-electron chi connectivity index (χ0n) is 17.8. The summed E-state index contributed by atoms with van der Waals surface area (Å²) in [5, 5.41) is 4.24. The molecule has 0 bridgehead atoms. The highest BCUT2D eigenvalue weighted by Gasteiger charge is 2.40. The molecule has 2 N–H and O–H groups in total. The Morgan fingerprint density at radius 2 is 1.84 bits per heavy atom. The number of likely N-dealkylation sites (tertiary alicyclic amines) is 1. The van der Waals surface area contributed by atoms with Crippen molar-refractivity contribution in [2.75, 3.05) is 26.3 Å². The summed E-state index contributed by atoms with van der Waals surface area (Å²) in [6.07, 6.45) is 5.19. The van der Waals surface area contributed by atoms with Gasteiger partial charge in [0.1, 0.15) is 12.2 Å². The molecule has 2 aromatic heterocycles. The SMILES string of the molecule is O=C(CCCc1c[nH]c2ccccc12)NC1CO[C@H]2CN(C(=O)c3ccco3)C[C@@H]2OC1. The number of carbonyl (C=O) groups excluding carboxylic acids is 2. The van der Waals surface area contributed by atoms with Crippen molar-refractivity contribution in [3.05, 3.63) is 60.2 Å². The lowest BCUT2D eigenvalue weighted by atomic mass is 10.1. The minimum absolute atomic E-state index is 0.00345. The van der Waals surface area contributed by atoms with Gasteiger partial charge in [0.15, 0.2) is 5.76 Å². The van der Waals surface area contributed by atoms with E-state index in [4.69, 9.17) is 13.9 Å². The predicted octanol–water partition coefficient (Wildman–Crippen LogP) is 2.51. The molecule has 168 valence electrons. The van der Waals surface area contributed by atoms with Crippen LogP contribution >= 0.6 is 0 Å². The van der Waals surface area contributed by atoms with Gasteiger partial charge in [-0.2, -0.15) is 0 Å². The van der Waals surface area contributed by atoms with E-state index in [1.54, 1.807) is 17.0 Å². The number of aromatic nitrogens is 1. The Morgan fingerprint density at radius 1 is 1.06 bits per heavy atom. The fraction of sp³-hybridized carbons (Fsp3) is 0.417. The number of para-hydroxylation sites is 1. The van der Waals surface area contributed by atoms with Crippen LogP contribution in [0.3, 0.4) is 0 Å². The third-order valence-corrected chi connectivity index (χ3v) is 6.15. The lowest BCUT2D eigenvalue weighted by Crippen LogP contribution is -2.41. The average Bonchev–Trinajstić information content (AvgIpc) is 3.54. The van der Waals surface area contributed by atoms with Crippen LogP contribution in [0.15, 0.2) is 53.3 Å². The predicted molar refractivity (Wildman–Crippen MR) is 117 cm³/mol. The van der Waals surface area contributed by atoms with Gasteiger partial charge < -0.3 is 29.1 Å². The summed E-state index contributed by atoms with van der Waals surface area (Å²) in [5.41, 5.74) is 2.35. The first kappa shape index (κ1) is 20.8. The van der Waals surface area contributed by atoms with E-state index < -0.39 is 0 Å². The molecule has 2 fully saturated rings. The lowest BCUT2D eigenvalue weighted by Gasteiger charge is -2.19. The van der Waals surface area contributed by atoms with Gasteiger partial charge in [-0.1, -0.05) is 18.2 Å². The van der Waals surface area contributed by atoms with Gasteiger partial charge in [0, 0.05) is 23.5 Å². The van der Waals surface area contributed by atoms with E-state index in [9.17, 15) is 9.59 Å². The molecule has 1 aromatic carbocycles. The lowest BCUT2D eigenvalue weighted by molar-refractivity contribution is -0.122. The van der Waals surface area contributed by atoms with Crippen LogP contribution in [0.4, 0.5) is 0 Å². The van der Waals surface area contributed by atoms with Crippen LogP contribution in [0.5, 0.6) is 0 Å². The van der Waals surface area contributed by atoms with E-state index in [1.807, 2.05) is 18.3 Å². The molecule has 2 aliphatic rings. The third kappa shape index (κ3) is 4.42. The second-order valence-electron chi connectivity index (χ2n) is 8.41. The van der Waals surface area contributed by atoms with Gasteiger partial charge in [0.05, 0.1) is 38.6 Å². The van der Waals surface area contributed by atoms with Gasteiger partial charge in [-0.3, -0.25) is 9.59 Å². The second-order valence-corrected chi connectivity index (χ2v) is 8.41. The molecule has 5 rings (SSSR count).